The van der Waals surface area contributed by atoms with Gasteiger partial charge in [0, 0.05) is 0 Å². The topological polar surface area (TPSA) is 102 Å². The molecule has 1 heterocycles. The van der Waals surface area contributed by atoms with Crippen molar-refractivity contribution in [2.24, 2.45) is 11.1 Å². The number of nitrogens with two attached hydrogens (primary N) is 1. The van der Waals surface area contributed by atoms with Gasteiger partial charge in [-0.25, -0.2) is 13.6 Å². The molecule has 1 atom stereocenters. The Morgan fingerprint density at radius 2 is 1.79 bits per heavy atom. The molecule has 0 spiro atoms. The quantitative estimate of drug-likeness (QED) is 0.867. The Morgan fingerprint density at radius 3 is 2.38 bits per heavy atom. The largest absolute Gasteiger partial charge is 0.438 e. The van der Waals surface area contributed by atoms with Crippen molar-refractivity contribution in [1.82, 2.24) is 5.32 Å². The van der Waals surface area contributed by atoms with Gasteiger partial charge >= 0.3 is 0 Å². The molecule has 1 aromatic carbocycles. The summed E-state index contributed by atoms with van der Waals surface area (Å²) >= 11 is 0. The number of rotatable bonds is 5. The maximum atomic E-state index is 12.5. The molecule has 0 unspecified atom stereocenters. The van der Waals surface area contributed by atoms with Crippen molar-refractivity contribution in [2.75, 3.05) is 0 Å². The second-order valence-electron chi connectivity index (χ2n) is 6.07. The Morgan fingerprint density at radius 1 is 1.12 bits per heavy atom. The number of benzene rings is 1. The number of amides is 1. The van der Waals surface area contributed by atoms with E-state index in [0.29, 0.717) is 5.92 Å². The van der Waals surface area contributed by atoms with Gasteiger partial charge in [-0.2, -0.15) is 0 Å². The molecule has 0 aliphatic heterocycles. The summed E-state index contributed by atoms with van der Waals surface area (Å²) in [5, 5.41) is 7.58. The van der Waals surface area contributed by atoms with E-state index in [0.717, 1.165) is 31.2 Å². The fraction of sp³-hybridized carbons (Fsp3) is 0.353. The van der Waals surface area contributed by atoms with Crippen molar-refractivity contribution in [3.05, 3.63) is 53.8 Å². The van der Waals surface area contributed by atoms with E-state index >= 15 is 0 Å². The van der Waals surface area contributed by atoms with Gasteiger partial charge in [-0.05, 0) is 36.5 Å². The van der Waals surface area contributed by atoms with E-state index in [1.807, 2.05) is 30.3 Å². The maximum absolute atomic E-state index is 12.5. The molecule has 0 radical (unpaired) electrons. The summed E-state index contributed by atoms with van der Waals surface area (Å²) in [7, 11) is -3.96. The minimum absolute atomic E-state index is 0.0575. The van der Waals surface area contributed by atoms with Crippen LogP contribution in [0.4, 0.5) is 0 Å². The van der Waals surface area contributed by atoms with Gasteiger partial charge in [0.1, 0.15) is 0 Å². The molecule has 3 rings (SSSR count). The van der Waals surface area contributed by atoms with Gasteiger partial charge in [0.2, 0.25) is 5.09 Å². The maximum Gasteiger partial charge on any atom is 0.287 e. The summed E-state index contributed by atoms with van der Waals surface area (Å²) in [6.45, 7) is 0. The lowest BCUT2D eigenvalue weighted by atomic mass is 9.91. The van der Waals surface area contributed by atoms with Gasteiger partial charge in [-0.3, -0.25) is 4.79 Å². The minimum atomic E-state index is -3.96. The molecular formula is C17H20N2O4S. The first-order chi connectivity index (χ1) is 11.4. The van der Waals surface area contributed by atoms with E-state index in [9.17, 15) is 13.2 Å². The molecule has 1 fully saturated rings. The van der Waals surface area contributed by atoms with Crippen LogP contribution >= 0.6 is 0 Å². The van der Waals surface area contributed by atoms with Crippen LogP contribution in [-0.2, 0) is 10.0 Å². The molecule has 3 N–H and O–H groups in total. The Balaban J connectivity index is 1.82. The zero-order chi connectivity index (χ0) is 17.2. The third-order valence-corrected chi connectivity index (χ3v) is 5.18. The zero-order valence-electron chi connectivity index (χ0n) is 13.1. The van der Waals surface area contributed by atoms with E-state index in [4.69, 9.17) is 9.56 Å². The van der Waals surface area contributed by atoms with Crippen molar-refractivity contribution in [1.29, 1.82) is 0 Å². The van der Waals surface area contributed by atoms with Crippen molar-refractivity contribution >= 4 is 15.9 Å². The Bertz CT molecular complexity index is 808. The number of carbonyl (C=O) groups excluding carboxylic acids is 1. The molecule has 24 heavy (non-hydrogen) atoms. The number of nitrogens with one attached hydrogen (secondary N) is 1. The lowest BCUT2D eigenvalue weighted by Crippen LogP contribution is -2.32. The second-order valence-corrected chi connectivity index (χ2v) is 7.56. The van der Waals surface area contributed by atoms with Gasteiger partial charge < -0.3 is 9.73 Å². The SMILES string of the molecule is NS(=O)(=O)c1ccc(C(=O)N[C@H](c2ccccc2)C2CCCC2)o1. The van der Waals surface area contributed by atoms with Crippen molar-refractivity contribution in [3.8, 4) is 0 Å². The van der Waals surface area contributed by atoms with Gasteiger partial charge in [0.15, 0.2) is 5.76 Å². The molecule has 1 amide bonds. The van der Waals surface area contributed by atoms with Crippen LogP contribution in [-0.4, -0.2) is 14.3 Å². The number of carbonyl (C=O) groups is 1. The number of primary sulfonamides is 1. The first-order valence-electron chi connectivity index (χ1n) is 7.93. The molecule has 1 aliphatic carbocycles. The summed E-state index contributed by atoms with van der Waals surface area (Å²) < 4.78 is 27.6. The molecule has 1 aromatic heterocycles. The molecule has 0 saturated heterocycles. The predicted molar refractivity (Wildman–Crippen MR) is 88.7 cm³/mol. The summed E-state index contributed by atoms with van der Waals surface area (Å²) in [5.41, 5.74) is 1.04. The molecule has 6 nitrogen and oxygen atoms in total. The highest BCUT2D eigenvalue weighted by Crippen LogP contribution is 2.35. The molecule has 7 heteroatoms. The zero-order valence-corrected chi connectivity index (χ0v) is 14.0. The standard InChI is InChI=1S/C17H20N2O4S/c18-24(21,22)15-11-10-14(23-15)17(20)19-16(13-8-4-5-9-13)12-6-2-1-3-7-12/h1-3,6-7,10-11,13,16H,4-5,8-9H2,(H,19,20)(H2,18,21,22)/t16-/m1/s1. The number of hydrogen-bond donors (Lipinski definition) is 2. The van der Waals surface area contributed by atoms with Gasteiger partial charge in [-0.15, -0.1) is 0 Å². The Hall–Kier alpha value is -2.12. The van der Waals surface area contributed by atoms with Crippen LogP contribution < -0.4 is 10.5 Å². The van der Waals surface area contributed by atoms with E-state index in [1.165, 1.54) is 12.1 Å². The fourth-order valence-corrected chi connectivity index (χ4v) is 3.70. The summed E-state index contributed by atoms with van der Waals surface area (Å²) in [5.74, 6) is -0.132. The predicted octanol–water partition coefficient (Wildman–Crippen LogP) is 2.59. The smallest absolute Gasteiger partial charge is 0.287 e. The Labute approximate surface area is 141 Å². The van der Waals surface area contributed by atoms with E-state index in [1.54, 1.807) is 0 Å². The molecule has 1 saturated carbocycles. The van der Waals surface area contributed by atoms with Crippen molar-refractivity contribution in [2.45, 2.75) is 36.8 Å². The Kier molecular flexibility index (Phi) is 4.73. The van der Waals surface area contributed by atoms with Crippen LogP contribution in [0.15, 0.2) is 52.0 Å². The molecule has 1 aliphatic rings. The molecule has 128 valence electrons. The van der Waals surface area contributed by atoms with Crippen LogP contribution in [0.25, 0.3) is 0 Å². The van der Waals surface area contributed by atoms with Crippen LogP contribution in [0.1, 0.15) is 47.8 Å². The average molecular weight is 348 g/mol. The van der Waals surface area contributed by atoms with Gasteiger partial charge in [0.25, 0.3) is 15.9 Å². The third kappa shape index (κ3) is 3.68. The normalized spacial score (nSPS) is 16.9. The van der Waals surface area contributed by atoms with Gasteiger partial charge in [0.05, 0.1) is 6.04 Å². The van der Waals surface area contributed by atoms with E-state index < -0.39 is 21.0 Å². The molecule has 2 aromatic rings. The van der Waals surface area contributed by atoms with Crippen molar-refractivity contribution < 1.29 is 17.6 Å². The molecule has 0 bridgehead atoms. The summed E-state index contributed by atoms with van der Waals surface area (Å²) in [6, 6.07) is 12.2. The first kappa shape index (κ1) is 16.7. The van der Waals surface area contributed by atoms with Crippen molar-refractivity contribution in [3.63, 3.8) is 0 Å². The fourth-order valence-electron chi connectivity index (χ4n) is 3.23. The highest BCUT2D eigenvalue weighted by molar-refractivity contribution is 7.89. The lowest BCUT2D eigenvalue weighted by molar-refractivity contribution is 0.0888. The lowest BCUT2D eigenvalue weighted by Gasteiger charge is -2.24. The summed E-state index contributed by atoms with van der Waals surface area (Å²) in [4.78, 5) is 12.5. The highest BCUT2D eigenvalue weighted by Gasteiger charge is 2.29. The minimum Gasteiger partial charge on any atom is -0.438 e. The number of hydrogen-bond acceptors (Lipinski definition) is 4. The third-order valence-electron chi connectivity index (χ3n) is 4.40. The monoisotopic (exact) mass is 348 g/mol. The van der Waals surface area contributed by atoms with E-state index in [2.05, 4.69) is 5.32 Å². The molecular weight excluding hydrogens is 328 g/mol. The number of sulfonamides is 1. The summed E-state index contributed by atoms with van der Waals surface area (Å²) in [6.07, 6.45) is 4.42. The van der Waals surface area contributed by atoms with Crippen LogP contribution in [0.2, 0.25) is 0 Å². The average Bonchev–Trinajstić information content (AvgIpc) is 3.24. The van der Waals surface area contributed by atoms with Gasteiger partial charge in [-0.1, -0.05) is 43.2 Å². The van der Waals surface area contributed by atoms with Crippen LogP contribution in [0.5, 0.6) is 0 Å². The second kappa shape index (κ2) is 6.78. The van der Waals surface area contributed by atoms with E-state index in [-0.39, 0.29) is 11.8 Å². The highest BCUT2D eigenvalue weighted by atomic mass is 32.2. The first-order valence-corrected chi connectivity index (χ1v) is 9.48. The number of furan rings is 1. The van der Waals surface area contributed by atoms with Crippen LogP contribution in [0, 0.1) is 5.92 Å². The van der Waals surface area contributed by atoms with Crippen LogP contribution in [0.3, 0.4) is 0 Å².